The van der Waals surface area contributed by atoms with Gasteiger partial charge in [0, 0.05) is 6.20 Å². The highest BCUT2D eigenvalue weighted by atomic mass is 19.4. The lowest BCUT2D eigenvalue weighted by Crippen LogP contribution is -2.14. The lowest BCUT2D eigenvalue weighted by molar-refractivity contribution is -0.142. The van der Waals surface area contributed by atoms with E-state index in [1.54, 1.807) is 0 Å². The number of aromatic hydroxyl groups is 1. The number of alkyl halides is 5. The molecule has 18 heavy (non-hydrogen) atoms. The molecule has 9 heteroatoms. The first-order chi connectivity index (χ1) is 8.20. The van der Waals surface area contributed by atoms with Crippen LogP contribution < -0.4 is 0 Å². The normalized spacial score (nSPS) is 11.7. The summed E-state index contributed by atoms with van der Waals surface area (Å²) in [6.45, 7) is 0. The number of aromatic nitrogens is 1. The number of carbonyl (C=O) groups is 1. The highest BCUT2D eigenvalue weighted by Crippen LogP contribution is 2.40. The van der Waals surface area contributed by atoms with Gasteiger partial charge in [0.15, 0.2) is 11.4 Å². The molecule has 1 heterocycles. The van der Waals surface area contributed by atoms with Crippen LogP contribution in [0.5, 0.6) is 5.75 Å². The maximum absolute atomic E-state index is 12.6. The first kappa shape index (κ1) is 14.1. The molecule has 1 N–H and O–H groups in total. The fraction of sp³-hybridized carbons (Fsp3) is 0.333. The van der Waals surface area contributed by atoms with Crippen molar-refractivity contribution in [2.45, 2.75) is 12.6 Å². The summed E-state index contributed by atoms with van der Waals surface area (Å²) < 4.78 is 66.3. The monoisotopic (exact) mass is 271 g/mol. The van der Waals surface area contributed by atoms with E-state index in [1.807, 2.05) is 0 Å². The maximum Gasteiger partial charge on any atom is 0.437 e. The third-order valence-electron chi connectivity index (χ3n) is 1.98. The molecule has 100 valence electrons. The molecule has 0 aromatic carbocycles. The number of methoxy groups -OCH3 is 1. The van der Waals surface area contributed by atoms with Gasteiger partial charge in [-0.25, -0.2) is 18.6 Å². The van der Waals surface area contributed by atoms with Crippen molar-refractivity contribution in [2.24, 2.45) is 0 Å². The van der Waals surface area contributed by atoms with E-state index < -0.39 is 41.1 Å². The number of esters is 1. The maximum atomic E-state index is 12.6. The van der Waals surface area contributed by atoms with Gasteiger partial charge in [-0.3, -0.25) is 0 Å². The molecule has 0 fully saturated rings. The van der Waals surface area contributed by atoms with Gasteiger partial charge in [-0.05, 0) is 0 Å². The number of hydrogen-bond donors (Lipinski definition) is 1. The van der Waals surface area contributed by atoms with Crippen LogP contribution in [0.2, 0.25) is 0 Å². The van der Waals surface area contributed by atoms with E-state index >= 15 is 0 Å². The molecule has 1 aromatic rings. The van der Waals surface area contributed by atoms with E-state index in [1.165, 1.54) is 0 Å². The van der Waals surface area contributed by atoms with Crippen LogP contribution in [0.25, 0.3) is 0 Å². The zero-order valence-corrected chi connectivity index (χ0v) is 8.76. The molecule has 0 bridgehead atoms. The average molecular weight is 271 g/mol. The Labute approximate surface area is 97.0 Å². The second kappa shape index (κ2) is 4.75. The van der Waals surface area contributed by atoms with Crippen molar-refractivity contribution >= 4 is 5.97 Å². The summed E-state index contributed by atoms with van der Waals surface area (Å²) in [7, 11) is 0.853. The number of rotatable bonds is 2. The largest absolute Gasteiger partial charge is 0.505 e. The summed E-state index contributed by atoms with van der Waals surface area (Å²) in [4.78, 5) is 13.8. The molecule has 0 unspecified atom stereocenters. The van der Waals surface area contributed by atoms with Crippen LogP contribution in [0, 0.1) is 0 Å². The Balaban J connectivity index is 3.53. The van der Waals surface area contributed by atoms with Crippen LogP contribution in [0.3, 0.4) is 0 Å². The number of carbonyl (C=O) groups excluding carboxylic acids is 1. The SMILES string of the molecule is COC(=O)c1cnc(C(F)(F)F)c(O)c1C(F)F. The van der Waals surface area contributed by atoms with E-state index in [0.29, 0.717) is 0 Å². The lowest BCUT2D eigenvalue weighted by atomic mass is 10.1. The van der Waals surface area contributed by atoms with Gasteiger partial charge in [0.05, 0.1) is 18.2 Å². The molecule has 0 atom stereocenters. The fourth-order valence-corrected chi connectivity index (χ4v) is 1.22. The number of nitrogens with zero attached hydrogens (tertiary/aromatic N) is 1. The Bertz CT molecular complexity index is 472. The molecule has 0 aliphatic rings. The van der Waals surface area contributed by atoms with Gasteiger partial charge in [0.2, 0.25) is 0 Å². The molecule has 4 nitrogen and oxygen atoms in total. The van der Waals surface area contributed by atoms with Crippen molar-refractivity contribution in [3.63, 3.8) is 0 Å². The second-order valence-corrected chi connectivity index (χ2v) is 3.07. The Kier molecular flexibility index (Phi) is 3.73. The molecule has 0 aliphatic heterocycles. The van der Waals surface area contributed by atoms with E-state index in [0.717, 1.165) is 7.11 Å². The smallest absolute Gasteiger partial charge is 0.437 e. The molecule has 0 amide bonds. The predicted molar refractivity (Wildman–Crippen MR) is 47.2 cm³/mol. The first-order valence-electron chi connectivity index (χ1n) is 4.35. The fourth-order valence-electron chi connectivity index (χ4n) is 1.22. The number of halogens is 5. The van der Waals surface area contributed by atoms with Gasteiger partial charge in [-0.1, -0.05) is 0 Å². The summed E-state index contributed by atoms with van der Waals surface area (Å²) in [5.74, 6) is -3.10. The highest BCUT2D eigenvalue weighted by molar-refractivity contribution is 5.91. The molecule has 0 spiro atoms. The number of ether oxygens (including phenoxy) is 1. The van der Waals surface area contributed by atoms with Crippen molar-refractivity contribution in [1.29, 1.82) is 0 Å². The molecular formula is C9H6F5NO3. The van der Waals surface area contributed by atoms with E-state index in [4.69, 9.17) is 5.11 Å². The molecule has 0 radical (unpaired) electrons. The van der Waals surface area contributed by atoms with Crippen LogP contribution in [0.1, 0.15) is 28.0 Å². The van der Waals surface area contributed by atoms with Crippen molar-refractivity contribution in [3.8, 4) is 5.75 Å². The first-order valence-corrected chi connectivity index (χ1v) is 4.35. The van der Waals surface area contributed by atoms with Crippen molar-refractivity contribution < 1.29 is 36.6 Å². The topological polar surface area (TPSA) is 59.4 Å². The molecule has 0 aliphatic carbocycles. The predicted octanol–water partition coefficient (Wildman–Crippen LogP) is 2.53. The Morgan fingerprint density at radius 2 is 2.00 bits per heavy atom. The highest BCUT2D eigenvalue weighted by Gasteiger charge is 2.39. The van der Waals surface area contributed by atoms with Gasteiger partial charge < -0.3 is 9.84 Å². The number of hydrogen-bond acceptors (Lipinski definition) is 4. The molecule has 1 aromatic heterocycles. The minimum Gasteiger partial charge on any atom is -0.505 e. The number of pyridine rings is 1. The standard InChI is InChI=1S/C9H6F5NO3/c1-18-8(17)3-2-15-6(9(12,13)14)5(16)4(3)7(10)11/h2,7,16H,1H3. The second-order valence-electron chi connectivity index (χ2n) is 3.07. The van der Waals surface area contributed by atoms with Crippen LogP contribution in [0.4, 0.5) is 22.0 Å². The average Bonchev–Trinajstić information content (AvgIpc) is 2.25. The molecule has 0 saturated carbocycles. The van der Waals surface area contributed by atoms with Gasteiger partial charge in [-0.2, -0.15) is 13.2 Å². The Morgan fingerprint density at radius 1 is 1.44 bits per heavy atom. The third kappa shape index (κ3) is 2.49. The summed E-state index contributed by atoms with van der Waals surface area (Å²) in [6.07, 6.45) is -8.30. The third-order valence-corrected chi connectivity index (χ3v) is 1.98. The van der Waals surface area contributed by atoms with Gasteiger partial charge >= 0.3 is 12.1 Å². The molecule has 0 saturated heterocycles. The summed E-state index contributed by atoms with van der Waals surface area (Å²) >= 11 is 0. The zero-order chi connectivity index (χ0) is 14.1. The zero-order valence-electron chi connectivity index (χ0n) is 8.76. The van der Waals surface area contributed by atoms with Crippen LogP contribution in [0.15, 0.2) is 6.20 Å². The Morgan fingerprint density at radius 3 is 2.39 bits per heavy atom. The lowest BCUT2D eigenvalue weighted by Gasteiger charge is -2.13. The van der Waals surface area contributed by atoms with Crippen LogP contribution >= 0.6 is 0 Å². The minimum absolute atomic E-state index is 0.288. The van der Waals surface area contributed by atoms with Gasteiger partial charge in [0.1, 0.15) is 0 Å². The van der Waals surface area contributed by atoms with Crippen molar-refractivity contribution in [3.05, 3.63) is 23.0 Å². The van der Waals surface area contributed by atoms with Crippen molar-refractivity contribution in [1.82, 2.24) is 4.98 Å². The quantitative estimate of drug-likeness (QED) is 0.663. The minimum atomic E-state index is -5.11. The van der Waals surface area contributed by atoms with Gasteiger partial charge in [-0.15, -0.1) is 0 Å². The molecule has 1 rings (SSSR count). The summed E-state index contributed by atoms with van der Waals surface area (Å²) in [6, 6.07) is 0. The molecular weight excluding hydrogens is 265 g/mol. The van der Waals surface area contributed by atoms with Crippen molar-refractivity contribution in [2.75, 3.05) is 7.11 Å². The van der Waals surface area contributed by atoms with E-state index in [9.17, 15) is 26.7 Å². The summed E-state index contributed by atoms with van der Waals surface area (Å²) in [5.41, 5.74) is -4.26. The van der Waals surface area contributed by atoms with Crippen LogP contribution in [-0.2, 0) is 10.9 Å². The van der Waals surface area contributed by atoms with Crippen LogP contribution in [-0.4, -0.2) is 23.2 Å². The summed E-state index contributed by atoms with van der Waals surface area (Å²) in [5, 5.41) is 9.15. The van der Waals surface area contributed by atoms with E-state index in [2.05, 4.69) is 9.72 Å². The van der Waals surface area contributed by atoms with Gasteiger partial charge in [0.25, 0.3) is 6.43 Å². The Hall–Kier alpha value is -1.93. The van der Waals surface area contributed by atoms with E-state index in [-0.39, 0.29) is 6.20 Å².